The first-order chi connectivity index (χ1) is 25.3. The summed E-state index contributed by atoms with van der Waals surface area (Å²) < 4.78 is 115. The normalized spacial score (nSPS) is 15.5. The maximum Gasteiger partial charge on any atom is 0.522 e. The Morgan fingerprint density at radius 1 is 0.509 bits per heavy atom. The van der Waals surface area contributed by atoms with Gasteiger partial charge in [0.15, 0.2) is 0 Å². The van der Waals surface area contributed by atoms with Crippen LogP contribution in [0.1, 0.15) is 52.4 Å². The summed E-state index contributed by atoms with van der Waals surface area (Å²) in [6, 6.07) is 45.1. The van der Waals surface area contributed by atoms with Gasteiger partial charge in [0.05, 0.1) is 0 Å². The molecule has 1 saturated carbocycles. The molecule has 0 spiro atoms. The average molecular weight is 1030 g/mol. The van der Waals surface area contributed by atoms with Crippen LogP contribution in [0.5, 0.6) is 0 Å². The van der Waals surface area contributed by atoms with Gasteiger partial charge >= 0.3 is 31.3 Å². The number of rotatable bonds is 8. The Morgan fingerprint density at radius 2 is 0.709 bits per heavy atom. The van der Waals surface area contributed by atoms with E-state index in [0.29, 0.717) is 0 Å². The first-order valence-corrected chi connectivity index (χ1v) is 22.2. The minimum Gasteiger partial charge on any atom is -0.279 e. The van der Waals surface area contributed by atoms with Crippen molar-refractivity contribution in [2.45, 2.75) is 63.4 Å². The van der Waals surface area contributed by atoms with Gasteiger partial charge in [-0.05, 0) is 97.4 Å². The molecule has 0 aliphatic heterocycles. The van der Waals surface area contributed by atoms with Gasteiger partial charge in [0.2, 0.25) is 0 Å². The van der Waals surface area contributed by atoms with E-state index in [2.05, 4.69) is 135 Å². The number of benzene rings is 4. The third-order valence-electron chi connectivity index (χ3n) is 8.02. The van der Waals surface area contributed by atoms with E-state index in [1.165, 1.54) is 46.9 Å². The molecule has 2 N–H and O–H groups in total. The molecule has 1 fully saturated rings. The zero-order chi connectivity index (χ0) is 40.2. The van der Waals surface area contributed by atoms with Crippen molar-refractivity contribution in [3.05, 3.63) is 143 Å². The van der Waals surface area contributed by atoms with E-state index in [0.717, 1.165) is 12.8 Å². The topological polar surface area (TPSA) is 109 Å². The van der Waals surface area contributed by atoms with E-state index in [4.69, 9.17) is 25.9 Å². The van der Waals surface area contributed by atoms with E-state index in [9.17, 15) is 26.3 Å². The molecule has 0 radical (unpaired) electrons. The summed E-state index contributed by atoms with van der Waals surface area (Å²) >= 11 is 0. The summed E-state index contributed by atoms with van der Waals surface area (Å²) in [6.45, 7) is 4.77. The van der Waals surface area contributed by atoms with E-state index in [1.54, 1.807) is 21.8 Å². The fourth-order valence-corrected chi connectivity index (χ4v) is 11.2. The van der Waals surface area contributed by atoms with Gasteiger partial charge in [0.25, 0.3) is 0 Å². The fourth-order valence-electron chi connectivity index (χ4n) is 5.78. The predicted octanol–water partition coefficient (Wildman–Crippen LogP) is 9.94. The van der Waals surface area contributed by atoms with Crippen LogP contribution in [-0.2, 0) is 41.3 Å². The van der Waals surface area contributed by atoms with E-state index in [1.807, 2.05) is 0 Å². The quantitative estimate of drug-likeness (QED) is 0.0788. The molecule has 0 aromatic heterocycles. The van der Waals surface area contributed by atoms with Crippen LogP contribution in [0.25, 0.3) is 0 Å². The average Bonchev–Trinajstić information content (AvgIpc) is 3.13. The Balaban J connectivity index is 0.000000517. The second-order valence-corrected chi connectivity index (χ2v) is 18.9. The monoisotopic (exact) mass is 1030 g/mol. The summed E-state index contributed by atoms with van der Waals surface area (Å²) in [5.41, 5.74) is -7.72. The summed E-state index contributed by atoms with van der Waals surface area (Å²) in [5, 5.41) is 9.22. The van der Waals surface area contributed by atoms with Crippen molar-refractivity contribution in [1.29, 1.82) is 0 Å². The molecule has 302 valence electrons. The van der Waals surface area contributed by atoms with Gasteiger partial charge in [-0.25, -0.2) is 0 Å². The molecule has 4 aromatic carbocycles. The summed E-state index contributed by atoms with van der Waals surface area (Å²) in [6.07, 6.45) is 7.18. The minimum absolute atomic E-state index is 0. The van der Waals surface area contributed by atoms with Gasteiger partial charge in [-0.3, -0.25) is 9.11 Å². The van der Waals surface area contributed by atoms with Crippen molar-refractivity contribution >= 4 is 57.3 Å². The summed E-state index contributed by atoms with van der Waals surface area (Å²) in [5.74, 6) is 0. The van der Waals surface area contributed by atoms with Gasteiger partial charge in [0, 0.05) is 21.1 Å². The molecule has 0 atom stereocenters. The molecule has 0 saturated heterocycles. The first kappa shape index (κ1) is 48.5. The molecule has 5 rings (SSSR count). The van der Waals surface area contributed by atoms with Crippen LogP contribution < -0.4 is 21.2 Å². The van der Waals surface area contributed by atoms with Crippen LogP contribution in [-0.4, -0.2) is 37.0 Å². The zero-order valence-corrected chi connectivity index (χ0v) is 35.3. The summed E-state index contributed by atoms with van der Waals surface area (Å²) in [4.78, 5) is 0. The van der Waals surface area contributed by atoms with Crippen molar-refractivity contribution in [1.82, 2.24) is 0 Å². The number of hydrogen-bond acceptors (Lipinski definition) is 4. The van der Waals surface area contributed by atoms with Crippen molar-refractivity contribution < 1.29 is 73.3 Å². The number of hydrogen-bond donors (Lipinski definition) is 2. The molecule has 0 amide bonds. The van der Waals surface area contributed by atoms with Crippen LogP contribution in [0.15, 0.2) is 143 Å². The summed E-state index contributed by atoms with van der Waals surface area (Å²) in [7, 11) is -12.8. The largest absolute Gasteiger partial charge is 0.522 e. The molecule has 4 aromatic rings. The number of alkyl halides is 6. The maximum absolute atomic E-state index is 10.7. The molecule has 1 aliphatic carbocycles. The van der Waals surface area contributed by atoms with E-state index in [-0.39, 0.29) is 21.1 Å². The molecular formula is C38H40F6O6P2PtS2. The van der Waals surface area contributed by atoms with Crippen LogP contribution in [0.3, 0.4) is 0 Å². The Hall–Kier alpha value is -2.69. The van der Waals surface area contributed by atoms with Gasteiger partial charge < -0.3 is 0 Å². The van der Waals surface area contributed by atoms with Crippen LogP contribution in [0.4, 0.5) is 26.3 Å². The Labute approximate surface area is 335 Å². The van der Waals surface area contributed by atoms with E-state index >= 15 is 0 Å². The van der Waals surface area contributed by atoms with Crippen molar-refractivity contribution in [2.75, 3.05) is 0 Å². The molecular weight excluding hydrogens is 988 g/mol. The molecule has 6 nitrogen and oxygen atoms in total. The Bertz CT molecular complexity index is 1840. The fraction of sp³-hybridized carbons (Fsp3) is 0.263. The molecule has 1 aliphatic rings. The number of allylic oxidation sites excluding steroid dienone is 4. The second kappa shape index (κ2) is 21.7. The van der Waals surface area contributed by atoms with Crippen molar-refractivity contribution in [2.24, 2.45) is 0 Å². The predicted molar refractivity (Wildman–Crippen MR) is 206 cm³/mol. The third-order valence-corrected chi connectivity index (χ3v) is 14.7. The maximum atomic E-state index is 10.7. The van der Waals surface area contributed by atoms with Gasteiger partial charge in [-0.15, -0.1) is 0 Å². The molecule has 55 heavy (non-hydrogen) atoms. The van der Waals surface area contributed by atoms with Crippen molar-refractivity contribution in [3.63, 3.8) is 0 Å². The second-order valence-electron chi connectivity index (χ2n) is 11.6. The van der Waals surface area contributed by atoms with Gasteiger partial charge in [-0.1, -0.05) is 135 Å². The zero-order valence-electron chi connectivity index (χ0n) is 29.6. The van der Waals surface area contributed by atoms with Crippen LogP contribution in [0, 0.1) is 0 Å². The standard InChI is InChI=1S/C36H38P2.2CHF3O3S.Pt/c1-3-35(37(29-19-9-5-10-20-29)30-21-11-6-12-22-30)33-27-17-18-28-34(33)36(4-2)38(31-23-13-7-14-24-31)32-25-15-8-16-26-32;2*2-1(3,4)8(5,6)7;/h5-16,19-26H,3-4,17-18,27-28H2,1-2H3;2*(H,5,6,7);/b35-33-,36-34-;;;. The molecule has 0 heterocycles. The molecule has 0 unspecified atom stereocenters. The van der Waals surface area contributed by atoms with Crippen molar-refractivity contribution in [3.8, 4) is 0 Å². The molecule has 17 heteroatoms. The first-order valence-electron chi connectivity index (χ1n) is 16.6. The third kappa shape index (κ3) is 14.0. The SMILES string of the molecule is CC/C(=C1\CCCC\C1=C(/CC)P(c1ccccc1)c1ccccc1)P(c1ccccc1)c1ccccc1.O=S(=O)(O)C(F)(F)F.O=S(=O)(O)C(F)(F)F.[Pt]. The van der Waals surface area contributed by atoms with Gasteiger partial charge in [0.1, 0.15) is 0 Å². The van der Waals surface area contributed by atoms with Gasteiger partial charge in [-0.2, -0.15) is 43.2 Å². The van der Waals surface area contributed by atoms with Crippen LogP contribution in [0.2, 0.25) is 0 Å². The Morgan fingerprint density at radius 3 is 0.873 bits per heavy atom. The minimum atomic E-state index is -5.84. The number of halogens is 6. The molecule has 0 bridgehead atoms. The Kier molecular flexibility index (Phi) is 19.1. The smallest absolute Gasteiger partial charge is 0.279 e. The van der Waals surface area contributed by atoms with E-state index < -0.39 is 47.1 Å². The van der Waals surface area contributed by atoms with Crippen LogP contribution >= 0.6 is 15.8 Å².